The summed E-state index contributed by atoms with van der Waals surface area (Å²) in [6.07, 6.45) is 1.58. The molecule has 1 heterocycles. The molecule has 0 radical (unpaired) electrons. The van der Waals surface area contributed by atoms with E-state index < -0.39 is 0 Å². The summed E-state index contributed by atoms with van der Waals surface area (Å²) in [4.78, 5) is 5.40. The molecule has 0 fully saturated rings. The van der Waals surface area contributed by atoms with E-state index >= 15 is 0 Å². The lowest BCUT2D eigenvalue weighted by Gasteiger charge is -2.19. The van der Waals surface area contributed by atoms with Gasteiger partial charge in [0.15, 0.2) is 0 Å². The van der Waals surface area contributed by atoms with Crippen LogP contribution in [0, 0.1) is 0 Å². The Morgan fingerprint density at radius 2 is 0.917 bits per heavy atom. The maximum Gasteiger partial charge on any atom is 0.0535 e. The monoisotopic (exact) mass is 461 g/mol. The van der Waals surface area contributed by atoms with E-state index in [1.54, 1.807) is 0 Å². The predicted octanol–water partition coefficient (Wildman–Crippen LogP) is 8.75. The van der Waals surface area contributed by atoms with Gasteiger partial charge in [-0.05, 0) is 27.8 Å². The average Bonchev–Trinajstić information content (AvgIpc) is 2.95. The largest absolute Gasteiger partial charge is 0.256 e. The summed E-state index contributed by atoms with van der Waals surface area (Å²) in [6, 6.07) is 49.5. The second-order valence-electron chi connectivity index (χ2n) is 9.17. The number of nitrogens with zero attached hydrogens (tertiary/aromatic N) is 1. The topological polar surface area (TPSA) is 12.9 Å². The Kier molecular flexibility index (Phi) is 6.12. The van der Waals surface area contributed by atoms with Gasteiger partial charge in [0, 0.05) is 29.2 Å². The van der Waals surface area contributed by atoms with Crippen molar-refractivity contribution in [3.63, 3.8) is 0 Å². The summed E-state index contributed by atoms with van der Waals surface area (Å²) in [5, 5.41) is 2.50. The van der Waals surface area contributed by atoms with Crippen LogP contribution in [0.2, 0.25) is 0 Å². The van der Waals surface area contributed by atoms with E-state index in [2.05, 4.69) is 140 Å². The molecule has 0 saturated carbocycles. The minimum absolute atomic E-state index is 0.784. The number of aromatic nitrogens is 1. The molecule has 36 heavy (non-hydrogen) atoms. The molecule has 0 unspecified atom stereocenters. The van der Waals surface area contributed by atoms with E-state index in [0.717, 1.165) is 24.2 Å². The van der Waals surface area contributed by atoms with Crippen molar-refractivity contribution in [3.8, 4) is 22.3 Å². The molecule has 6 aromatic rings. The molecule has 5 aromatic carbocycles. The van der Waals surface area contributed by atoms with Gasteiger partial charge in [-0.3, -0.25) is 4.98 Å². The van der Waals surface area contributed by atoms with Gasteiger partial charge in [-0.25, -0.2) is 0 Å². The van der Waals surface area contributed by atoms with E-state index in [9.17, 15) is 0 Å². The van der Waals surface area contributed by atoms with E-state index in [1.807, 2.05) is 0 Å². The summed E-state index contributed by atoms with van der Waals surface area (Å²) in [5.74, 6) is 0. The number of hydrogen-bond donors (Lipinski definition) is 0. The van der Waals surface area contributed by atoms with Crippen LogP contribution in [0.25, 0.3) is 33.0 Å². The van der Waals surface area contributed by atoms with Gasteiger partial charge in [0.05, 0.1) is 11.4 Å². The number of hydrogen-bond acceptors (Lipinski definition) is 1. The van der Waals surface area contributed by atoms with Gasteiger partial charge in [-0.1, -0.05) is 140 Å². The van der Waals surface area contributed by atoms with Crippen LogP contribution in [0.4, 0.5) is 0 Å². The lowest BCUT2D eigenvalue weighted by molar-refractivity contribution is 1.01. The Morgan fingerprint density at radius 1 is 0.417 bits per heavy atom. The Morgan fingerprint density at radius 3 is 1.50 bits per heavy atom. The molecule has 0 aliphatic carbocycles. The van der Waals surface area contributed by atoms with E-state index in [0.29, 0.717) is 0 Å². The molecule has 0 bridgehead atoms. The average molecular weight is 462 g/mol. The maximum atomic E-state index is 5.40. The highest BCUT2D eigenvalue weighted by Crippen LogP contribution is 2.40. The Bertz CT molecular complexity index is 1590. The minimum atomic E-state index is 0.784. The van der Waals surface area contributed by atoms with Crippen LogP contribution in [-0.4, -0.2) is 4.98 Å². The third kappa shape index (κ3) is 4.44. The van der Waals surface area contributed by atoms with Crippen molar-refractivity contribution in [3.05, 3.63) is 162 Å². The zero-order valence-corrected chi connectivity index (χ0v) is 20.1. The standard InChI is InChI=1S/C35H27N/c1-5-14-26(15-6-1)24-32-31-23-13-22-30(28-18-9-3-10-19-28)35(31)34(29-20-11-4-12-21-29)33(36-32)25-27-16-7-2-8-17-27/h1-23H,24-25H2. The number of benzene rings is 5. The lowest BCUT2D eigenvalue weighted by atomic mass is 9.87. The van der Waals surface area contributed by atoms with Crippen molar-refractivity contribution in [1.82, 2.24) is 4.98 Å². The zero-order chi connectivity index (χ0) is 24.2. The Labute approximate surface area is 212 Å². The molecule has 0 amide bonds. The van der Waals surface area contributed by atoms with E-state index in [1.165, 1.54) is 44.2 Å². The molecule has 0 aliphatic heterocycles. The molecular weight excluding hydrogens is 434 g/mol. The van der Waals surface area contributed by atoms with E-state index in [4.69, 9.17) is 4.98 Å². The van der Waals surface area contributed by atoms with Crippen LogP contribution in [0.5, 0.6) is 0 Å². The van der Waals surface area contributed by atoms with E-state index in [-0.39, 0.29) is 0 Å². The van der Waals surface area contributed by atoms with Gasteiger partial charge < -0.3 is 0 Å². The summed E-state index contributed by atoms with van der Waals surface area (Å²) in [6.45, 7) is 0. The second-order valence-corrected chi connectivity index (χ2v) is 9.17. The molecule has 1 nitrogen and oxygen atoms in total. The van der Waals surface area contributed by atoms with Gasteiger partial charge >= 0.3 is 0 Å². The maximum absolute atomic E-state index is 5.40. The van der Waals surface area contributed by atoms with Gasteiger partial charge in [0.25, 0.3) is 0 Å². The van der Waals surface area contributed by atoms with Crippen LogP contribution >= 0.6 is 0 Å². The first-order chi connectivity index (χ1) is 17.9. The molecular formula is C35H27N. The predicted molar refractivity (Wildman–Crippen MR) is 151 cm³/mol. The third-order valence-electron chi connectivity index (χ3n) is 6.76. The third-order valence-corrected chi connectivity index (χ3v) is 6.76. The number of pyridine rings is 1. The molecule has 0 saturated heterocycles. The summed E-state index contributed by atoms with van der Waals surface area (Å²) < 4.78 is 0. The summed E-state index contributed by atoms with van der Waals surface area (Å²) >= 11 is 0. The Hall–Kier alpha value is -4.49. The highest BCUT2D eigenvalue weighted by atomic mass is 14.7. The molecule has 172 valence electrons. The van der Waals surface area contributed by atoms with Crippen molar-refractivity contribution in [2.45, 2.75) is 12.8 Å². The molecule has 0 N–H and O–H groups in total. The quantitative estimate of drug-likeness (QED) is 0.242. The highest BCUT2D eigenvalue weighted by Gasteiger charge is 2.19. The first kappa shape index (κ1) is 22.0. The number of fused-ring (bicyclic) bond motifs is 1. The minimum Gasteiger partial charge on any atom is -0.256 e. The zero-order valence-electron chi connectivity index (χ0n) is 20.1. The smallest absolute Gasteiger partial charge is 0.0535 e. The molecule has 0 spiro atoms. The van der Waals surface area contributed by atoms with Crippen LogP contribution in [0.3, 0.4) is 0 Å². The molecule has 1 aromatic heterocycles. The van der Waals surface area contributed by atoms with Crippen molar-refractivity contribution >= 4 is 10.8 Å². The van der Waals surface area contributed by atoms with Crippen LogP contribution < -0.4 is 0 Å². The fourth-order valence-electron chi connectivity index (χ4n) is 5.10. The van der Waals surface area contributed by atoms with Crippen molar-refractivity contribution in [1.29, 1.82) is 0 Å². The van der Waals surface area contributed by atoms with Crippen LogP contribution in [0.15, 0.2) is 140 Å². The van der Waals surface area contributed by atoms with Crippen molar-refractivity contribution < 1.29 is 0 Å². The fraction of sp³-hybridized carbons (Fsp3) is 0.0571. The molecule has 0 atom stereocenters. The molecule has 0 aliphatic rings. The van der Waals surface area contributed by atoms with Crippen molar-refractivity contribution in [2.75, 3.05) is 0 Å². The Balaban J connectivity index is 1.68. The SMILES string of the molecule is c1ccc(Cc2nc(Cc3ccccc3)c3cccc(-c4ccccc4)c3c2-c2ccccc2)cc1. The van der Waals surface area contributed by atoms with Crippen LogP contribution in [-0.2, 0) is 12.8 Å². The first-order valence-corrected chi connectivity index (χ1v) is 12.5. The second kappa shape index (κ2) is 10.0. The van der Waals surface area contributed by atoms with Gasteiger partial charge in [0.1, 0.15) is 0 Å². The fourth-order valence-corrected chi connectivity index (χ4v) is 5.10. The number of rotatable bonds is 6. The normalized spacial score (nSPS) is 11.0. The van der Waals surface area contributed by atoms with Crippen LogP contribution in [0.1, 0.15) is 22.5 Å². The highest BCUT2D eigenvalue weighted by molar-refractivity contribution is 6.08. The summed E-state index contributed by atoms with van der Waals surface area (Å²) in [7, 11) is 0. The van der Waals surface area contributed by atoms with Gasteiger partial charge in [0.2, 0.25) is 0 Å². The molecule has 1 heteroatoms. The van der Waals surface area contributed by atoms with Gasteiger partial charge in [-0.15, -0.1) is 0 Å². The first-order valence-electron chi connectivity index (χ1n) is 12.5. The molecule has 6 rings (SSSR count). The van der Waals surface area contributed by atoms with Gasteiger partial charge in [-0.2, -0.15) is 0 Å². The van der Waals surface area contributed by atoms with Crippen molar-refractivity contribution in [2.24, 2.45) is 0 Å². The lowest BCUT2D eigenvalue weighted by Crippen LogP contribution is -2.04. The summed E-state index contributed by atoms with van der Waals surface area (Å²) in [5.41, 5.74) is 9.69.